The summed E-state index contributed by atoms with van der Waals surface area (Å²) in [7, 11) is 0. The molecule has 2 heterocycles. The molecule has 1 N–H and O–H groups in total. The number of allylic oxidation sites excluding steroid dienone is 4. The highest BCUT2D eigenvalue weighted by Gasteiger charge is 2.24. The van der Waals surface area contributed by atoms with Gasteiger partial charge in [-0.2, -0.15) is 0 Å². The lowest BCUT2D eigenvalue weighted by atomic mass is 9.85. The van der Waals surface area contributed by atoms with E-state index in [2.05, 4.69) is 199 Å². The average molecular weight is 718 g/mol. The zero-order chi connectivity index (χ0) is 37.3. The van der Waals surface area contributed by atoms with E-state index in [0.717, 1.165) is 63.6 Å². The smallest absolute Gasteiger partial charge is 0.160 e. The summed E-state index contributed by atoms with van der Waals surface area (Å²) in [4.78, 5) is 10.2. The van der Waals surface area contributed by atoms with Crippen LogP contribution in [0.5, 0.6) is 0 Å². The van der Waals surface area contributed by atoms with Crippen LogP contribution in [0.1, 0.15) is 41.4 Å². The molecule has 0 amide bonds. The molecule has 0 fully saturated rings. The quantitative estimate of drug-likeness (QED) is 0.178. The molecule has 0 radical (unpaired) electrons. The van der Waals surface area contributed by atoms with E-state index in [1.54, 1.807) is 0 Å². The molecule has 0 spiro atoms. The van der Waals surface area contributed by atoms with Crippen LogP contribution in [0.15, 0.2) is 200 Å². The molecular formula is C53H39N3. The summed E-state index contributed by atoms with van der Waals surface area (Å²) in [5.74, 6) is 0.763. The van der Waals surface area contributed by atoms with Crippen molar-refractivity contribution in [2.45, 2.75) is 18.9 Å². The first-order chi connectivity index (χ1) is 27.7. The number of nitrogens with one attached hydrogen (secondary N) is 1. The standard InChI is InChI=1S/C53H39N3/c1-5-16-36(17-6-1)47-34-49(37-18-7-2-8-19-37)54-48-31-30-45-44(28-15-29-46(45)52(47)48)42-26-13-24-40(32-42)41-25-14-27-43(33-41)51-35-50(38-20-9-3-10-21-38)55-53(56-51)39-22-11-4-12-23-39/h1-3,5-11,13-35,49,54H,4,12H2. The van der Waals surface area contributed by atoms with Crippen LogP contribution < -0.4 is 5.32 Å². The number of anilines is 1. The van der Waals surface area contributed by atoms with Gasteiger partial charge in [0.25, 0.3) is 0 Å². The normalized spacial score (nSPS) is 14.8. The van der Waals surface area contributed by atoms with Crippen LogP contribution in [0, 0.1) is 0 Å². The van der Waals surface area contributed by atoms with Crippen LogP contribution in [0.3, 0.4) is 0 Å². The Kier molecular flexibility index (Phi) is 8.74. The van der Waals surface area contributed by atoms with E-state index >= 15 is 0 Å². The molecule has 1 atom stereocenters. The predicted octanol–water partition coefficient (Wildman–Crippen LogP) is 13.6. The zero-order valence-corrected chi connectivity index (χ0v) is 30.9. The van der Waals surface area contributed by atoms with Crippen molar-refractivity contribution < 1.29 is 0 Å². The van der Waals surface area contributed by atoms with E-state index in [1.807, 2.05) is 6.07 Å². The third kappa shape index (κ3) is 6.44. The minimum absolute atomic E-state index is 0.0760. The maximum atomic E-state index is 5.13. The lowest BCUT2D eigenvalue weighted by Gasteiger charge is -2.29. The van der Waals surface area contributed by atoms with E-state index in [-0.39, 0.29) is 6.04 Å². The van der Waals surface area contributed by atoms with Crippen LogP contribution in [-0.4, -0.2) is 9.97 Å². The second kappa shape index (κ2) is 14.6. The molecule has 266 valence electrons. The van der Waals surface area contributed by atoms with Crippen LogP contribution in [0.2, 0.25) is 0 Å². The van der Waals surface area contributed by atoms with Crippen molar-refractivity contribution >= 4 is 27.6 Å². The van der Waals surface area contributed by atoms with Crippen molar-refractivity contribution in [3.05, 3.63) is 223 Å². The first kappa shape index (κ1) is 33.5. The van der Waals surface area contributed by atoms with Gasteiger partial charge >= 0.3 is 0 Å². The topological polar surface area (TPSA) is 37.8 Å². The molecule has 7 aromatic carbocycles. The van der Waals surface area contributed by atoms with Gasteiger partial charge in [-0.15, -0.1) is 0 Å². The van der Waals surface area contributed by atoms with Gasteiger partial charge < -0.3 is 5.32 Å². The summed E-state index contributed by atoms with van der Waals surface area (Å²) in [6, 6.07) is 63.0. The first-order valence-corrected chi connectivity index (χ1v) is 19.4. The third-order valence-electron chi connectivity index (χ3n) is 10.9. The molecule has 8 aromatic rings. The van der Waals surface area contributed by atoms with Crippen molar-refractivity contribution in [3.63, 3.8) is 0 Å². The molecule has 3 heteroatoms. The third-order valence-corrected chi connectivity index (χ3v) is 10.9. The van der Waals surface area contributed by atoms with Crippen molar-refractivity contribution in [3.8, 4) is 44.8 Å². The molecule has 2 aliphatic rings. The minimum atomic E-state index is 0.0760. The van der Waals surface area contributed by atoms with Crippen molar-refractivity contribution in [1.29, 1.82) is 0 Å². The van der Waals surface area contributed by atoms with Gasteiger partial charge in [-0.25, -0.2) is 9.97 Å². The van der Waals surface area contributed by atoms with E-state index in [9.17, 15) is 0 Å². The number of rotatable bonds is 7. The number of fused-ring (bicyclic) bond motifs is 3. The second-order valence-corrected chi connectivity index (χ2v) is 14.5. The minimum Gasteiger partial charge on any atom is -0.374 e. The lowest BCUT2D eigenvalue weighted by molar-refractivity contribution is 0.974. The lowest BCUT2D eigenvalue weighted by Crippen LogP contribution is -2.15. The highest BCUT2D eigenvalue weighted by molar-refractivity contribution is 6.09. The van der Waals surface area contributed by atoms with Crippen molar-refractivity contribution in [1.82, 2.24) is 9.97 Å². The summed E-state index contributed by atoms with van der Waals surface area (Å²) in [6.07, 6.45) is 11.0. The molecule has 0 saturated carbocycles. The van der Waals surface area contributed by atoms with Crippen LogP contribution in [0.25, 0.3) is 66.7 Å². The van der Waals surface area contributed by atoms with Gasteiger partial charge in [0.05, 0.1) is 17.4 Å². The SMILES string of the molecule is C1=CC(c2nc(-c3ccccc3)cc(-c3cccc(-c4cccc(-c5cccc6c7c(ccc56)NC(c5ccccc5)C=C7c5ccccc5)c4)c3)n2)=CCC1. The molecule has 1 aliphatic heterocycles. The van der Waals surface area contributed by atoms with Gasteiger partial charge in [-0.05, 0) is 92.9 Å². The van der Waals surface area contributed by atoms with Gasteiger partial charge in [-0.3, -0.25) is 0 Å². The van der Waals surface area contributed by atoms with Gasteiger partial charge in [0, 0.05) is 28.0 Å². The average Bonchev–Trinajstić information content (AvgIpc) is 3.29. The van der Waals surface area contributed by atoms with Gasteiger partial charge in [0.1, 0.15) is 0 Å². The maximum Gasteiger partial charge on any atom is 0.160 e. The zero-order valence-electron chi connectivity index (χ0n) is 30.9. The largest absolute Gasteiger partial charge is 0.374 e. The Morgan fingerprint density at radius 1 is 0.482 bits per heavy atom. The van der Waals surface area contributed by atoms with E-state index in [4.69, 9.17) is 9.97 Å². The molecule has 0 saturated heterocycles. The Morgan fingerprint density at radius 2 is 1.11 bits per heavy atom. The number of hydrogen-bond donors (Lipinski definition) is 1. The summed E-state index contributed by atoms with van der Waals surface area (Å²) >= 11 is 0. The van der Waals surface area contributed by atoms with Crippen LogP contribution in [0.4, 0.5) is 5.69 Å². The molecule has 1 unspecified atom stereocenters. The van der Waals surface area contributed by atoms with Crippen LogP contribution >= 0.6 is 0 Å². The first-order valence-electron chi connectivity index (χ1n) is 19.4. The number of hydrogen-bond acceptors (Lipinski definition) is 3. The fraction of sp³-hybridized carbons (Fsp3) is 0.0566. The number of nitrogens with zero attached hydrogens (tertiary/aromatic N) is 2. The molecule has 1 aliphatic carbocycles. The molecule has 1 aromatic heterocycles. The molecule has 0 bridgehead atoms. The number of aromatic nitrogens is 2. The van der Waals surface area contributed by atoms with E-state index in [0.29, 0.717) is 0 Å². The summed E-state index contributed by atoms with van der Waals surface area (Å²) in [5.41, 5.74) is 15.9. The fourth-order valence-electron chi connectivity index (χ4n) is 8.16. The molecule has 3 nitrogen and oxygen atoms in total. The summed E-state index contributed by atoms with van der Waals surface area (Å²) in [6.45, 7) is 0. The Balaban J connectivity index is 1.05. The second-order valence-electron chi connectivity index (χ2n) is 14.5. The molecule has 10 rings (SSSR count). The van der Waals surface area contributed by atoms with Crippen molar-refractivity contribution in [2.75, 3.05) is 5.32 Å². The number of benzene rings is 7. The van der Waals surface area contributed by atoms with Crippen molar-refractivity contribution in [2.24, 2.45) is 0 Å². The molecule has 56 heavy (non-hydrogen) atoms. The Hall–Kier alpha value is -7.10. The Bertz CT molecular complexity index is 2820. The summed E-state index contributed by atoms with van der Waals surface area (Å²) in [5, 5.41) is 6.32. The highest BCUT2D eigenvalue weighted by atomic mass is 14.9. The van der Waals surface area contributed by atoms with Gasteiger partial charge in [-0.1, -0.05) is 170 Å². The molecular weight excluding hydrogens is 679 g/mol. The van der Waals surface area contributed by atoms with Gasteiger partial charge in [0.15, 0.2) is 5.82 Å². The highest BCUT2D eigenvalue weighted by Crippen LogP contribution is 2.44. The predicted molar refractivity (Wildman–Crippen MR) is 234 cm³/mol. The van der Waals surface area contributed by atoms with Crippen LogP contribution in [-0.2, 0) is 0 Å². The maximum absolute atomic E-state index is 5.13. The summed E-state index contributed by atoms with van der Waals surface area (Å²) < 4.78 is 0. The van der Waals surface area contributed by atoms with E-state index in [1.165, 1.54) is 44.2 Å². The monoisotopic (exact) mass is 717 g/mol. The van der Waals surface area contributed by atoms with E-state index < -0.39 is 0 Å². The Labute approximate surface area is 328 Å². The Morgan fingerprint density at radius 3 is 1.84 bits per heavy atom. The fourth-order valence-corrected chi connectivity index (χ4v) is 8.16. The van der Waals surface area contributed by atoms with Gasteiger partial charge in [0.2, 0.25) is 0 Å².